The van der Waals surface area contributed by atoms with Crippen LogP contribution in [0.5, 0.6) is 5.75 Å². The summed E-state index contributed by atoms with van der Waals surface area (Å²) in [6.45, 7) is 0.420. The minimum atomic E-state index is -0.426. The molecule has 0 unspecified atom stereocenters. The fraction of sp³-hybridized carbons (Fsp3) is 0.143. The summed E-state index contributed by atoms with van der Waals surface area (Å²) in [6, 6.07) is 10.1. The molecule has 0 saturated carbocycles. The lowest BCUT2D eigenvalue weighted by Crippen LogP contribution is -2.03. The third-order valence-corrected chi connectivity index (χ3v) is 3.12. The number of methoxy groups -OCH3 is 1. The minimum Gasteiger partial charge on any atom is -0.495 e. The van der Waals surface area contributed by atoms with Crippen molar-refractivity contribution in [2.45, 2.75) is 6.54 Å². The summed E-state index contributed by atoms with van der Waals surface area (Å²) in [5, 5.41) is 3.61. The molecule has 0 aliphatic rings. The summed E-state index contributed by atoms with van der Waals surface area (Å²) in [5.41, 5.74) is 7.10. The van der Waals surface area contributed by atoms with Crippen LogP contribution in [0.25, 0.3) is 0 Å². The zero-order valence-corrected chi connectivity index (χ0v) is 11.2. The van der Waals surface area contributed by atoms with E-state index < -0.39 is 5.82 Å². The maximum atomic E-state index is 13.7. The first-order chi connectivity index (χ1) is 9.11. The molecule has 3 N–H and O–H groups in total. The first-order valence-electron chi connectivity index (χ1n) is 5.72. The maximum absolute atomic E-state index is 13.7. The van der Waals surface area contributed by atoms with Crippen molar-refractivity contribution in [2.24, 2.45) is 0 Å². The van der Waals surface area contributed by atoms with Crippen LogP contribution < -0.4 is 15.8 Å². The average molecular weight is 281 g/mol. The quantitative estimate of drug-likeness (QED) is 0.840. The van der Waals surface area contributed by atoms with Gasteiger partial charge < -0.3 is 15.8 Å². The Morgan fingerprint density at radius 2 is 2.05 bits per heavy atom. The molecule has 0 saturated heterocycles. The monoisotopic (exact) mass is 280 g/mol. The van der Waals surface area contributed by atoms with E-state index >= 15 is 0 Å². The number of hydrogen-bond acceptors (Lipinski definition) is 3. The van der Waals surface area contributed by atoms with Gasteiger partial charge >= 0.3 is 0 Å². The van der Waals surface area contributed by atoms with E-state index in [0.717, 1.165) is 5.56 Å². The lowest BCUT2D eigenvalue weighted by Gasteiger charge is -2.12. The van der Waals surface area contributed by atoms with Crippen molar-refractivity contribution < 1.29 is 9.13 Å². The molecule has 0 aliphatic heterocycles. The largest absolute Gasteiger partial charge is 0.495 e. The second kappa shape index (κ2) is 5.80. The zero-order chi connectivity index (χ0) is 13.8. The van der Waals surface area contributed by atoms with Crippen molar-refractivity contribution >= 4 is 23.0 Å². The van der Waals surface area contributed by atoms with Gasteiger partial charge in [-0.1, -0.05) is 29.8 Å². The predicted molar refractivity (Wildman–Crippen MR) is 76.1 cm³/mol. The first kappa shape index (κ1) is 13.5. The van der Waals surface area contributed by atoms with Gasteiger partial charge in [0, 0.05) is 23.7 Å². The number of anilines is 2. The van der Waals surface area contributed by atoms with E-state index in [9.17, 15) is 4.39 Å². The Hall–Kier alpha value is -1.94. The van der Waals surface area contributed by atoms with Crippen LogP contribution in [0.15, 0.2) is 36.4 Å². The number of nitrogen functional groups attached to an aromatic ring is 1. The smallest absolute Gasteiger partial charge is 0.148 e. The Morgan fingerprint density at radius 3 is 2.74 bits per heavy atom. The number of rotatable bonds is 4. The number of benzene rings is 2. The average Bonchev–Trinajstić information content (AvgIpc) is 2.39. The summed E-state index contributed by atoms with van der Waals surface area (Å²) in [5.74, 6) is 0.00779. The summed E-state index contributed by atoms with van der Waals surface area (Å²) in [7, 11) is 1.49. The fourth-order valence-electron chi connectivity index (χ4n) is 1.71. The van der Waals surface area contributed by atoms with E-state index in [1.165, 1.54) is 19.2 Å². The maximum Gasteiger partial charge on any atom is 0.148 e. The van der Waals surface area contributed by atoms with Crippen molar-refractivity contribution in [1.82, 2.24) is 0 Å². The second-order valence-electron chi connectivity index (χ2n) is 4.02. The van der Waals surface area contributed by atoms with Gasteiger partial charge in [-0.2, -0.15) is 0 Å². The van der Waals surface area contributed by atoms with Crippen LogP contribution in [0.1, 0.15) is 5.56 Å². The van der Waals surface area contributed by atoms with Crippen molar-refractivity contribution in [3.63, 3.8) is 0 Å². The van der Waals surface area contributed by atoms with Gasteiger partial charge in [0.1, 0.15) is 11.6 Å². The molecule has 2 rings (SSSR count). The lowest BCUT2D eigenvalue weighted by atomic mass is 10.2. The van der Waals surface area contributed by atoms with Crippen LogP contribution >= 0.6 is 11.6 Å². The van der Waals surface area contributed by atoms with Crippen molar-refractivity contribution in [1.29, 1.82) is 0 Å². The molecule has 2 aromatic carbocycles. The second-order valence-corrected chi connectivity index (χ2v) is 4.43. The molecule has 100 valence electrons. The highest BCUT2D eigenvalue weighted by molar-refractivity contribution is 6.31. The normalized spacial score (nSPS) is 10.3. The Labute approximate surface area is 116 Å². The number of nitrogens with one attached hydrogen (secondary N) is 1. The van der Waals surface area contributed by atoms with Crippen LogP contribution in [0.3, 0.4) is 0 Å². The standard InChI is InChI=1S/C14H14ClFN2O/c1-19-14-7-13(11(16)6-12(14)17)18-8-9-4-2-3-5-10(9)15/h2-7,18H,8,17H2,1H3. The minimum absolute atomic E-state index is 0.267. The number of halogens is 2. The third kappa shape index (κ3) is 3.09. The molecular formula is C14H14ClFN2O. The van der Waals surface area contributed by atoms with E-state index in [0.29, 0.717) is 23.0 Å². The van der Waals surface area contributed by atoms with E-state index in [2.05, 4.69) is 5.32 Å². The molecule has 19 heavy (non-hydrogen) atoms. The van der Waals surface area contributed by atoms with E-state index in [-0.39, 0.29) is 5.69 Å². The highest BCUT2D eigenvalue weighted by Crippen LogP contribution is 2.28. The molecule has 0 atom stereocenters. The summed E-state index contributed by atoms with van der Waals surface area (Å²) < 4.78 is 18.8. The molecule has 0 bridgehead atoms. The Morgan fingerprint density at radius 1 is 1.32 bits per heavy atom. The molecule has 0 radical (unpaired) electrons. The van der Waals surface area contributed by atoms with Crippen molar-refractivity contribution in [2.75, 3.05) is 18.2 Å². The van der Waals surface area contributed by atoms with E-state index in [1.54, 1.807) is 6.07 Å². The van der Waals surface area contributed by atoms with E-state index in [4.69, 9.17) is 22.1 Å². The molecule has 0 fully saturated rings. The van der Waals surface area contributed by atoms with Crippen LogP contribution in [-0.4, -0.2) is 7.11 Å². The topological polar surface area (TPSA) is 47.3 Å². The molecular weight excluding hydrogens is 267 g/mol. The van der Waals surface area contributed by atoms with Crippen molar-refractivity contribution in [3.8, 4) is 5.75 Å². The van der Waals surface area contributed by atoms with Gasteiger partial charge in [0.05, 0.1) is 18.5 Å². The molecule has 5 heteroatoms. The van der Waals surface area contributed by atoms with Gasteiger partial charge in [-0.25, -0.2) is 4.39 Å². The SMILES string of the molecule is COc1cc(NCc2ccccc2Cl)c(F)cc1N. The summed E-state index contributed by atoms with van der Waals surface area (Å²) in [6.07, 6.45) is 0. The Bertz CT molecular complexity index is 590. The molecule has 0 amide bonds. The Kier molecular flexibility index (Phi) is 4.12. The van der Waals surface area contributed by atoms with Gasteiger partial charge in [-0.15, -0.1) is 0 Å². The third-order valence-electron chi connectivity index (χ3n) is 2.75. The van der Waals surface area contributed by atoms with Crippen LogP contribution in [0.4, 0.5) is 15.8 Å². The zero-order valence-electron chi connectivity index (χ0n) is 10.4. The fourth-order valence-corrected chi connectivity index (χ4v) is 1.92. The molecule has 0 aliphatic carbocycles. The predicted octanol–water partition coefficient (Wildman–Crippen LogP) is 3.68. The van der Waals surface area contributed by atoms with E-state index in [1.807, 2.05) is 18.2 Å². The molecule has 0 aromatic heterocycles. The van der Waals surface area contributed by atoms with Crippen LogP contribution in [-0.2, 0) is 6.54 Å². The van der Waals surface area contributed by atoms with Crippen LogP contribution in [0.2, 0.25) is 5.02 Å². The van der Waals surface area contributed by atoms with Gasteiger partial charge in [-0.05, 0) is 11.6 Å². The summed E-state index contributed by atoms with van der Waals surface area (Å²) in [4.78, 5) is 0. The van der Waals surface area contributed by atoms with Gasteiger partial charge in [0.25, 0.3) is 0 Å². The number of hydrogen-bond donors (Lipinski definition) is 2. The molecule has 0 heterocycles. The highest BCUT2D eigenvalue weighted by atomic mass is 35.5. The first-order valence-corrected chi connectivity index (χ1v) is 6.10. The van der Waals surface area contributed by atoms with Crippen molar-refractivity contribution in [3.05, 3.63) is 52.8 Å². The van der Waals surface area contributed by atoms with Gasteiger partial charge in [0.15, 0.2) is 0 Å². The van der Waals surface area contributed by atoms with Gasteiger partial charge in [0.2, 0.25) is 0 Å². The lowest BCUT2D eigenvalue weighted by molar-refractivity contribution is 0.416. The molecule has 0 spiro atoms. The number of nitrogens with two attached hydrogens (primary N) is 1. The summed E-state index contributed by atoms with van der Waals surface area (Å²) >= 11 is 6.04. The molecule has 2 aromatic rings. The Balaban J connectivity index is 2.18. The highest BCUT2D eigenvalue weighted by Gasteiger charge is 2.08. The number of ether oxygens (including phenoxy) is 1. The van der Waals surface area contributed by atoms with Gasteiger partial charge in [-0.3, -0.25) is 0 Å². The van der Waals surface area contributed by atoms with Crippen LogP contribution in [0, 0.1) is 5.82 Å². The molecule has 3 nitrogen and oxygen atoms in total.